The van der Waals surface area contributed by atoms with E-state index in [1.807, 2.05) is 0 Å². The van der Waals surface area contributed by atoms with E-state index in [1.165, 1.54) is 9.80 Å². The summed E-state index contributed by atoms with van der Waals surface area (Å²) >= 11 is 0. The number of aliphatic hydroxyl groups is 1. The first kappa shape index (κ1) is 14.4. The smallest absolute Gasteiger partial charge is 0.308 e. The van der Waals surface area contributed by atoms with E-state index in [2.05, 4.69) is 4.74 Å². The highest BCUT2D eigenvalue weighted by Gasteiger charge is 2.29. The van der Waals surface area contributed by atoms with Gasteiger partial charge in [-0.15, -0.1) is 0 Å². The number of hydrogen-bond donors (Lipinski definition) is 1. The van der Waals surface area contributed by atoms with Crippen LogP contribution in [0.3, 0.4) is 0 Å². The summed E-state index contributed by atoms with van der Waals surface area (Å²) in [6.45, 7) is 1.84. The molecule has 1 fully saturated rings. The Hall–Kier alpha value is -1.63. The fraction of sp³-hybridized carbons (Fsp3) is 0.727. The molecular formula is C11H18N2O5. The van der Waals surface area contributed by atoms with E-state index >= 15 is 0 Å². The van der Waals surface area contributed by atoms with Gasteiger partial charge in [-0.1, -0.05) is 0 Å². The number of aliphatic hydroxyl groups excluding tert-OH is 1. The van der Waals surface area contributed by atoms with E-state index in [0.717, 1.165) is 0 Å². The number of esters is 1. The minimum absolute atomic E-state index is 0.00492. The molecule has 0 saturated carbocycles. The third-order valence-electron chi connectivity index (χ3n) is 2.62. The summed E-state index contributed by atoms with van der Waals surface area (Å²) in [5.41, 5.74) is 0. The second kappa shape index (κ2) is 6.34. The third-order valence-corrected chi connectivity index (χ3v) is 2.62. The van der Waals surface area contributed by atoms with Gasteiger partial charge in [0.15, 0.2) is 0 Å². The van der Waals surface area contributed by atoms with Crippen LogP contribution in [0.15, 0.2) is 0 Å². The maximum Gasteiger partial charge on any atom is 0.308 e. The molecule has 0 aromatic carbocycles. The van der Waals surface area contributed by atoms with Crippen molar-refractivity contribution < 1.29 is 24.2 Å². The molecule has 1 unspecified atom stereocenters. The summed E-state index contributed by atoms with van der Waals surface area (Å²) in [4.78, 5) is 36.7. The molecule has 0 aromatic heterocycles. The van der Waals surface area contributed by atoms with Gasteiger partial charge < -0.3 is 19.6 Å². The molecule has 0 bridgehead atoms. The number of nitrogens with zero attached hydrogens (tertiary/aromatic N) is 2. The zero-order valence-electron chi connectivity index (χ0n) is 10.6. The second-order valence-electron chi connectivity index (χ2n) is 4.19. The Morgan fingerprint density at radius 1 is 1.39 bits per heavy atom. The van der Waals surface area contributed by atoms with Crippen LogP contribution in [0.25, 0.3) is 0 Å². The first-order chi connectivity index (χ1) is 8.43. The molecule has 1 aliphatic heterocycles. The summed E-state index contributed by atoms with van der Waals surface area (Å²) in [7, 11) is 1.55. The van der Waals surface area contributed by atoms with Crippen LogP contribution in [-0.4, -0.2) is 72.1 Å². The Bertz CT molecular complexity index is 344. The quantitative estimate of drug-likeness (QED) is 0.613. The summed E-state index contributed by atoms with van der Waals surface area (Å²) in [5.74, 6) is -0.934. The number of hydrogen-bond acceptors (Lipinski definition) is 5. The van der Waals surface area contributed by atoms with Crippen LogP contribution >= 0.6 is 0 Å². The van der Waals surface area contributed by atoms with E-state index in [1.54, 1.807) is 14.0 Å². The lowest BCUT2D eigenvalue weighted by atomic mass is 10.2. The van der Waals surface area contributed by atoms with E-state index in [9.17, 15) is 19.5 Å². The van der Waals surface area contributed by atoms with Gasteiger partial charge >= 0.3 is 5.97 Å². The largest absolute Gasteiger partial charge is 0.466 e. The molecule has 18 heavy (non-hydrogen) atoms. The first-order valence-electron chi connectivity index (χ1n) is 5.79. The van der Waals surface area contributed by atoms with Gasteiger partial charge in [-0.05, 0) is 6.92 Å². The Kier molecular flexibility index (Phi) is 5.08. The van der Waals surface area contributed by atoms with Gasteiger partial charge in [0.25, 0.3) is 0 Å². The van der Waals surface area contributed by atoms with Gasteiger partial charge in [0.2, 0.25) is 11.8 Å². The van der Waals surface area contributed by atoms with Crippen molar-refractivity contribution in [1.82, 2.24) is 9.80 Å². The molecule has 7 nitrogen and oxygen atoms in total. The zero-order valence-corrected chi connectivity index (χ0v) is 10.6. The lowest BCUT2D eigenvalue weighted by molar-refractivity contribution is -0.151. The van der Waals surface area contributed by atoms with Crippen molar-refractivity contribution in [2.45, 2.75) is 19.4 Å². The van der Waals surface area contributed by atoms with Gasteiger partial charge in [-0.25, -0.2) is 0 Å². The fourth-order valence-corrected chi connectivity index (χ4v) is 1.66. The van der Waals surface area contributed by atoms with E-state index < -0.39 is 12.1 Å². The lowest BCUT2D eigenvalue weighted by Gasteiger charge is -2.32. The highest BCUT2D eigenvalue weighted by Crippen LogP contribution is 2.06. The molecule has 1 N–H and O–H groups in total. The van der Waals surface area contributed by atoms with Gasteiger partial charge in [0, 0.05) is 13.6 Å². The predicted octanol–water partition coefficient (Wildman–Crippen LogP) is -1.40. The van der Waals surface area contributed by atoms with E-state index in [0.29, 0.717) is 0 Å². The monoisotopic (exact) mass is 258 g/mol. The van der Waals surface area contributed by atoms with Crippen LogP contribution in [-0.2, 0) is 19.1 Å². The Morgan fingerprint density at radius 3 is 2.67 bits per heavy atom. The van der Waals surface area contributed by atoms with Crippen LogP contribution in [0.4, 0.5) is 0 Å². The molecule has 1 atom stereocenters. The van der Waals surface area contributed by atoms with Crippen LogP contribution in [0.1, 0.15) is 13.3 Å². The topological polar surface area (TPSA) is 87.2 Å². The average molecular weight is 258 g/mol. The third kappa shape index (κ3) is 3.99. The lowest BCUT2D eigenvalue weighted by Crippen LogP contribution is -2.54. The summed E-state index contributed by atoms with van der Waals surface area (Å²) in [5, 5.41) is 9.65. The normalized spacial score (nSPS) is 17.9. The fourth-order valence-electron chi connectivity index (χ4n) is 1.66. The number of amides is 2. The first-order valence-corrected chi connectivity index (χ1v) is 5.79. The zero-order chi connectivity index (χ0) is 13.7. The maximum absolute atomic E-state index is 11.6. The summed E-state index contributed by atoms with van der Waals surface area (Å²) in [6, 6.07) is 0. The minimum atomic E-state index is -1.01. The molecule has 0 spiro atoms. The molecule has 0 aromatic rings. The van der Waals surface area contributed by atoms with Gasteiger partial charge in [-0.2, -0.15) is 0 Å². The molecule has 0 radical (unpaired) electrons. The number of piperazine rings is 1. The minimum Gasteiger partial charge on any atom is -0.466 e. The Balaban J connectivity index is 2.44. The number of β-amino-alcohol motifs (C(OH)–C–C–N with tert-alkyl or cyclic N) is 1. The van der Waals surface area contributed by atoms with Crippen molar-refractivity contribution in [3.8, 4) is 0 Å². The van der Waals surface area contributed by atoms with Crippen molar-refractivity contribution in [3.05, 3.63) is 0 Å². The highest BCUT2D eigenvalue weighted by atomic mass is 16.5. The Labute approximate surface area is 105 Å². The molecule has 1 saturated heterocycles. The molecule has 1 rings (SSSR count). The average Bonchev–Trinajstić information content (AvgIpc) is 2.26. The van der Waals surface area contributed by atoms with Gasteiger partial charge in [0.1, 0.15) is 0 Å². The van der Waals surface area contributed by atoms with Crippen molar-refractivity contribution in [2.75, 3.05) is 33.3 Å². The van der Waals surface area contributed by atoms with E-state index in [4.69, 9.17) is 0 Å². The molecular weight excluding hydrogens is 240 g/mol. The maximum atomic E-state index is 11.6. The standard InChI is InChI=1S/C11H18N2O5/c1-3-18-11(17)4-8(14)5-13-7-9(15)12(2)6-10(13)16/h8,14H,3-7H2,1-2H3. The molecule has 2 amide bonds. The molecule has 1 heterocycles. The number of ether oxygens (including phenoxy) is 1. The second-order valence-corrected chi connectivity index (χ2v) is 4.19. The summed E-state index contributed by atoms with van der Waals surface area (Å²) in [6.07, 6.45) is -1.19. The number of carbonyl (C=O) groups excluding carboxylic acids is 3. The Morgan fingerprint density at radius 2 is 2.06 bits per heavy atom. The van der Waals surface area contributed by atoms with Crippen molar-refractivity contribution >= 4 is 17.8 Å². The summed E-state index contributed by atoms with van der Waals surface area (Å²) < 4.78 is 4.69. The number of rotatable bonds is 5. The van der Waals surface area contributed by atoms with Crippen LogP contribution in [0.5, 0.6) is 0 Å². The number of carbonyl (C=O) groups is 3. The SMILES string of the molecule is CCOC(=O)CC(O)CN1CC(=O)N(C)CC1=O. The van der Waals surface area contributed by atoms with Crippen molar-refractivity contribution in [1.29, 1.82) is 0 Å². The molecule has 102 valence electrons. The van der Waals surface area contributed by atoms with Crippen molar-refractivity contribution in [2.24, 2.45) is 0 Å². The van der Waals surface area contributed by atoms with E-state index in [-0.39, 0.29) is 44.5 Å². The molecule has 0 aliphatic carbocycles. The number of likely N-dealkylation sites (N-methyl/N-ethyl adjacent to an activating group) is 1. The molecule has 1 aliphatic rings. The van der Waals surface area contributed by atoms with Gasteiger partial charge in [0.05, 0.1) is 32.2 Å². The molecule has 7 heteroatoms. The van der Waals surface area contributed by atoms with Crippen LogP contribution < -0.4 is 0 Å². The predicted molar refractivity (Wildman–Crippen MR) is 61.5 cm³/mol. The van der Waals surface area contributed by atoms with Gasteiger partial charge in [-0.3, -0.25) is 14.4 Å². The highest BCUT2D eigenvalue weighted by molar-refractivity contribution is 5.92. The van der Waals surface area contributed by atoms with Crippen LogP contribution in [0, 0.1) is 0 Å². The van der Waals surface area contributed by atoms with Crippen LogP contribution in [0.2, 0.25) is 0 Å². The van der Waals surface area contributed by atoms with Crippen molar-refractivity contribution in [3.63, 3.8) is 0 Å².